The maximum absolute atomic E-state index is 11.7. The molecule has 1 aliphatic heterocycles. The Morgan fingerprint density at radius 2 is 2.25 bits per heavy atom. The van der Waals surface area contributed by atoms with Crippen molar-refractivity contribution in [2.24, 2.45) is 0 Å². The van der Waals surface area contributed by atoms with Crippen molar-refractivity contribution in [2.45, 2.75) is 32.4 Å². The molecule has 1 fully saturated rings. The Labute approximate surface area is 118 Å². The topological polar surface area (TPSA) is 87.8 Å². The van der Waals surface area contributed by atoms with E-state index < -0.39 is 21.8 Å². The van der Waals surface area contributed by atoms with Crippen molar-refractivity contribution in [1.29, 1.82) is 0 Å². The Balaban J connectivity index is 2.21. The third-order valence-electron chi connectivity index (χ3n) is 3.66. The van der Waals surface area contributed by atoms with Crippen molar-refractivity contribution in [2.75, 3.05) is 18.1 Å². The van der Waals surface area contributed by atoms with Crippen LogP contribution >= 0.6 is 0 Å². The van der Waals surface area contributed by atoms with Crippen molar-refractivity contribution >= 4 is 15.8 Å². The number of rotatable bonds is 4. The van der Waals surface area contributed by atoms with Gasteiger partial charge in [0.1, 0.15) is 11.5 Å². The predicted octanol–water partition coefficient (Wildman–Crippen LogP) is 1.22. The van der Waals surface area contributed by atoms with Crippen LogP contribution in [0.1, 0.15) is 30.9 Å². The number of aryl methyl sites for hydroxylation is 1. The fraction of sp³-hybridized carbons (Fsp3) is 0.615. The van der Waals surface area contributed by atoms with Gasteiger partial charge in [0, 0.05) is 12.6 Å². The molecule has 2 rings (SSSR count). The summed E-state index contributed by atoms with van der Waals surface area (Å²) in [5, 5.41) is 8.97. The Morgan fingerprint density at radius 1 is 1.55 bits per heavy atom. The SMILES string of the molecule is Cc1ccc(C(C)N2CCS(=O)(=O)CC2CC(=O)O)o1. The summed E-state index contributed by atoms with van der Waals surface area (Å²) in [6, 6.07) is 3.05. The lowest BCUT2D eigenvalue weighted by Crippen LogP contribution is -2.50. The monoisotopic (exact) mass is 301 g/mol. The van der Waals surface area contributed by atoms with E-state index in [0.29, 0.717) is 6.54 Å². The normalized spacial score (nSPS) is 24.4. The molecule has 2 heterocycles. The summed E-state index contributed by atoms with van der Waals surface area (Å²) in [6.07, 6.45) is -0.177. The fourth-order valence-electron chi connectivity index (χ4n) is 2.63. The summed E-state index contributed by atoms with van der Waals surface area (Å²) in [5.41, 5.74) is 0. The molecule has 20 heavy (non-hydrogen) atoms. The van der Waals surface area contributed by atoms with Gasteiger partial charge in [0.15, 0.2) is 9.84 Å². The third kappa shape index (κ3) is 3.40. The second-order valence-corrected chi connectivity index (χ2v) is 7.46. The van der Waals surface area contributed by atoms with Crippen LogP contribution in [0.15, 0.2) is 16.5 Å². The smallest absolute Gasteiger partial charge is 0.304 e. The van der Waals surface area contributed by atoms with Crippen LogP contribution in [0, 0.1) is 6.92 Å². The van der Waals surface area contributed by atoms with Gasteiger partial charge >= 0.3 is 5.97 Å². The minimum Gasteiger partial charge on any atom is -0.481 e. The number of sulfone groups is 1. The zero-order valence-corrected chi connectivity index (χ0v) is 12.4. The first-order valence-electron chi connectivity index (χ1n) is 6.53. The molecule has 0 amide bonds. The summed E-state index contributed by atoms with van der Waals surface area (Å²) in [4.78, 5) is 12.9. The number of carbonyl (C=O) groups is 1. The molecule has 0 bridgehead atoms. The number of furan rings is 1. The fourth-order valence-corrected chi connectivity index (χ4v) is 4.18. The van der Waals surface area contributed by atoms with Crippen molar-refractivity contribution in [3.8, 4) is 0 Å². The summed E-state index contributed by atoms with van der Waals surface area (Å²) in [7, 11) is -3.16. The van der Waals surface area contributed by atoms with Crippen molar-refractivity contribution < 1.29 is 22.7 Å². The van der Waals surface area contributed by atoms with Gasteiger partial charge in [0.2, 0.25) is 0 Å². The molecule has 6 nitrogen and oxygen atoms in total. The number of hydrogen-bond donors (Lipinski definition) is 1. The van der Waals surface area contributed by atoms with Crippen molar-refractivity contribution in [1.82, 2.24) is 4.90 Å². The van der Waals surface area contributed by atoms with Gasteiger partial charge in [-0.15, -0.1) is 0 Å². The molecular weight excluding hydrogens is 282 g/mol. The highest BCUT2D eigenvalue weighted by molar-refractivity contribution is 7.91. The van der Waals surface area contributed by atoms with E-state index in [4.69, 9.17) is 9.52 Å². The molecule has 1 aliphatic rings. The molecular formula is C13H19NO5S. The Hall–Kier alpha value is -1.34. The molecule has 2 unspecified atom stereocenters. The zero-order chi connectivity index (χ0) is 14.9. The van der Waals surface area contributed by atoms with Gasteiger partial charge in [-0.05, 0) is 26.0 Å². The van der Waals surface area contributed by atoms with Crippen molar-refractivity contribution in [3.05, 3.63) is 23.7 Å². The van der Waals surface area contributed by atoms with Crippen LogP contribution in [0.5, 0.6) is 0 Å². The molecule has 2 atom stereocenters. The largest absolute Gasteiger partial charge is 0.481 e. The maximum atomic E-state index is 11.7. The first-order chi connectivity index (χ1) is 9.28. The molecule has 0 spiro atoms. The summed E-state index contributed by atoms with van der Waals surface area (Å²) >= 11 is 0. The first kappa shape index (κ1) is 15.1. The van der Waals surface area contributed by atoms with E-state index in [2.05, 4.69) is 0 Å². The lowest BCUT2D eigenvalue weighted by molar-refractivity contribution is -0.138. The Morgan fingerprint density at radius 3 is 2.80 bits per heavy atom. The predicted molar refractivity (Wildman–Crippen MR) is 73.3 cm³/mol. The van der Waals surface area contributed by atoms with E-state index in [9.17, 15) is 13.2 Å². The molecule has 0 saturated carbocycles. The lowest BCUT2D eigenvalue weighted by atomic mass is 10.1. The zero-order valence-electron chi connectivity index (χ0n) is 11.6. The second-order valence-electron chi connectivity index (χ2n) is 5.23. The lowest BCUT2D eigenvalue weighted by Gasteiger charge is -2.38. The van der Waals surface area contributed by atoms with Crippen LogP contribution in [0.3, 0.4) is 0 Å². The molecule has 1 aromatic rings. The van der Waals surface area contributed by atoms with E-state index in [0.717, 1.165) is 11.5 Å². The first-order valence-corrected chi connectivity index (χ1v) is 8.35. The molecule has 1 aromatic heterocycles. The number of hydrogen-bond acceptors (Lipinski definition) is 5. The van der Waals surface area contributed by atoms with Crippen molar-refractivity contribution in [3.63, 3.8) is 0 Å². The average Bonchev–Trinajstić information content (AvgIpc) is 2.73. The highest BCUT2D eigenvalue weighted by atomic mass is 32.2. The molecule has 0 aromatic carbocycles. The second kappa shape index (κ2) is 5.57. The van der Waals surface area contributed by atoms with Gasteiger partial charge in [-0.3, -0.25) is 9.69 Å². The van der Waals surface area contributed by atoms with Gasteiger partial charge in [-0.2, -0.15) is 0 Å². The van der Waals surface area contributed by atoms with Crippen LogP contribution in [-0.4, -0.2) is 48.5 Å². The van der Waals surface area contributed by atoms with E-state index in [1.165, 1.54) is 0 Å². The molecule has 1 saturated heterocycles. The summed E-state index contributed by atoms with van der Waals surface area (Å²) < 4.78 is 29.0. The van der Waals surface area contributed by atoms with Gasteiger partial charge in [-0.25, -0.2) is 8.42 Å². The van der Waals surface area contributed by atoms with E-state index in [1.807, 2.05) is 30.9 Å². The summed E-state index contributed by atoms with van der Waals surface area (Å²) in [6.45, 7) is 4.08. The van der Waals surface area contributed by atoms with Crippen LogP contribution in [0.4, 0.5) is 0 Å². The van der Waals surface area contributed by atoms with E-state index in [-0.39, 0.29) is 24.0 Å². The van der Waals surface area contributed by atoms with Gasteiger partial charge < -0.3 is 9.52 Å². The molecule has 0 radical (unpaired) electrons. The van der Waals surface area contributed by atoms with Crippen LogP contribution in [0.2, 0.25) is 0 Å². The van der Waals surface area contributed by atoms with Crippen LogP contribution in [-0.2, 0) is 14.6 Å². The highest BCUT2D eigenvalue weighted by Crippen LogP contribution is 2.28. The summed E-state index contributed by atoms with van der Waals surface area (Å²) in [5.74, 6) is 0.486. The average molecular weight is 301 g/mol. The number of nitrogens with zero attached hydrogens (tertiary/aromatic N) is 1. The standard InChI is InChI=1S/C13H19NO5S/c1-9-3-4-12(19-9)10(2)14-5-6-20(17,18)8-11(14)7-13(15)16/h3-4,10-11H,5-8H2,1-2H3,(H,15,16). The van der Waals surface area contributed by atoms with Gasteiger partial charge in [0.05, 0.1) is 24.0 Å². The Bertz CT molecular complexity index is 592. The minimum absolute atomic E-state index is 0.0626. The minimum atomic E-state index is -3.16. The maximum Gasteiger partial charge on any atom is 0.304 e. The molecule has 7 heteroatoms. The third-order valence-corrected chi connectivity index (χ3v) is 5.35. The Kier molecular flexibility index (Phi) is 4.19. The van der Waals surface area contributed by atoms with Crippen LogP contribution in [0.25, 0.3) is 0 Å². The van der Waals surface area contributed by atoms with Crippen LogP contribution < -0.4 is 0 Å². The quantitative estimate of drug-likeness (QED) is 0.899. The molecule has 1 N–H and O–H groups in total. The van der Waals surface area contributed by atoms with Gasteiger partial charge in [0.25, 0.3) is 0 Å². The number of aliphatic carboxylic acids is 1. The molecule has 112 valence electrons. The molecule has 0 aliphatic carbocycles. The van der Waals surface area contributed by atoms with Gasteiger partial charge in [-0.1, -0.05) is 0 Å². The van der Waals surface area contributed by atoms with E-state index >= 15 is 0 Å². The number of carboxylic acid groups (broad SMARTS) is 1. The number of carboxylic acids is 1. The van der Waals surface area contributed by atoms with E-state index in [1.54, 1.807) is 0 Å². The highest BCUT2D eigenvalue weighted by Gasteiger charge is 2.36.